The lowest BCUT2D eigenvalue weighted by atomic mass is 10.2. The molecule has 3 heteroatoms. The van der Waals surface area contributed by atoms with Gasteiger partial charge in [0.15, 0.2) is 0 Å². The molecule has 0 heterocycles. The normalized spacial score (nSPS) is 10.4. The molecule has 2 aromatic rings. The van der Waals surface area contributed by atoms with Crippen LogP contribution in [0, 0.1) is 6.92 Å². The minimum atomic E-state index is -0.412. The van der Waals surface area contributed by atoms with Gasteiger partial charge in [-0.3, -0.25) is 0 Å². The number of rotatable bonds is 4. The molecule has 2 rings (SSSR count). The zero-order chi connectivity index (χ0) is 14.5. The average Bonchev–Trinajstić information content (AvgIpc) is 2.41. The summed E-state index contributed by atoms with van der Waals surface area (Å²) in [6, 6.07) is 14.5. The van der Waals surface area contributed by atoms with Crippen LogP contribution in [0.25, 0.3) is 0 Å². The Bertz CT molecular complexity index is 585. The van der Waals surface area contributed by atoms with E-state index in [4.69, 9.17) is 9.47 Å². The van der Waals surface area contributed by atoms with E-state index < -0.39 is 5.97 Å². The molecule has 0 fully saturated rings. The van der Waals surface area contributed by atoms with Crippen LogP contribution in [0.2, 0.25) is 0 Å². The van der Waals surface area contributed by atoms with Gasteiger partial charge in [-0.25, -0.2) is 4.79 Å². The fourth-order valence-electron chi connectivity index (χ4n) is 1.76. The minimum Gasteiger partial charge on any atom is -0.490 e. The van der Waals surface area contributed by atoms with Crippen molar-refractivity contribution in [3.8, 4) is 11.5 Å². The zero-order valence-corrected chi connectivity index (χ0v) is 11.9. The lowest BCUT2D eigenvalue weighted by Gasteiger charge is -2.13. The van der Waals surface area contributed by atoms with E-state index in [9.17, 15) is 4.79 Å². The van der Waals surface area contributed by atoms with Gasteiger partial charge in [0.1, 0.15) is 17.1 Å². The van der Waals surface area contributed by atoms with Gasteiger partial charge in [-0.15, -0.1) is 0 Å². The second-order valence-corrected chi connectivity index (χ2v) is 4.87. The van der Waals surface area contributed by atoms with Crippen molar-refractivity contribution >= 4 is 5.97 Å². The highest BCUT2D eigenvalue weighted by molar-refractivity contribution is 5.93. The van der Waals surface area contributed by atoms with Crippen LogP contribution in [0.1, 0.15) is 29.8 Å². The number of hydrogen-bond acceptors (Lipinski definition) is 3. The second kappa shape index (κ2) is 6.24. The van der Waals surface area contributed by atoms with Crippen LogP contribution in [0.5, 0.6) is 11.5 Å². The fourth-order valence-corrected chi connectivity index (χ4v) is 1.76. The molecule has 20 heavy (non-hydrogen) atoms. The lowest BCUT2D eigenvalue weighted by Crippen LogP contribution is -2.13. The van der Waals surface area contributed by atoms with E-state index in [-0.39, 0.29) is 6.10 Å². The number of benzene rings is 2. The number of carbonyl (C=O) groups excluding carboxylic acids is 1. The number of ether oxygens (including phenoxy) is 2. The molecule has 0 aliphatic heterocycles. The first-order valence-electron chi connectivity index (χ1n) is 6.61. The Morgan fingerprint density at radius 3 is 2.30 bits per heavy atom. The third-order valence-electron chi connectivity index (χ3n) is 2.70. The van der Waals surface area contributed by atoms with Crippen molar-refractivity contribution in [2.24, 2.45) is 0 Å². The summed E-state index contributed by atoms with van der Waals surface area (Å²) in [5.74, 6) is 0.657. The Kier molecular flexibility index (Phi) is 4.41. The Morgan fingerprint density at radius 2 is 1.65 bits per heavy atom. The van der Waals surface area contributed by atoms with Gasteiger partial charge in [-0.2, -0.15) is 0 Å². The molecule has 0 radical (unpaired) electrons. The van der Waals surface area contributed by atoms with Crippen molar-refractivity contribution in [1.29, 1.82) is 0 Å². The molecule has 104 valence electrons. The van der Waals surface area contributed by atoms with Crippen LogP contribution in [0.3, 0.4) is 0 Å². The first-order chi connectivity index (χ1) is 9.56. The zero-order valence-electron chi connectivity index (χ0n) is 11.9. The standard InChI is InChI=1S/C17H18O3/c1-12(2)19-16-7-5-4-6-15(16)17(18)20-14-10-8-13(3)9-11-14/h4-12H,1-3H3. The minimum absolute atomic E-state index is 0.00308. The molecule has 0 N–H and O–H groups in total. The summed E-state index contributed by atoms with van der Waals surface area (Å²) < 4.78 is 11.0. The maximum atomic E-state index is 12.2. The summed E-state index contributed by atoms with van der Waals surface area (Å²) in [5.41, 5.74) is 1.55. The van der Waals surface area contributed by atoms with Crippen molar-refractivity contribution in [1.82, 2.24) is 0 Å². The van der Waals surface area contributed by atoms with E-state index in [0.29, 0.717) is 17.1 Å². The molecule has 0 spiro atoms. The Hall–Kier alpha value is -2.29. The van der Waals surface area contributed by atoms with Crippen molar-refractivity contribution in [3.05, 3.63) is 59.7 Å². The third-order valence-corrected chi connectivity index (χ3v) is 2.70. The van der Waals surface area contributed by atoms with Crippen molar-refractivity contribution in [2.75, 3.05) is 0 Å². The van der Waals surface area contributed by atoms with Crippen LogP contribution < -0.4 is 9.47 Å². The second-order valence-electron chi connectivity index (χ2n) is 4.87. The molecule has 3 nitrogen and oxygen atoms in total. The molecule has 0 bridgehead atoms. The quantitative estimate of drug-likeness (QED) is 0.622. The molecular weight excluding hydrogens is 252 g/mol. The number of esters is 1. The first kappa shape index (κ1) is 14.1. The smallest absolute Gasteiger partial charge is 0.347 e. The highest BCUT2D eigenvalue weighted by Crippen LogP contribution is 2.22. The predicted molar refractivity (Wildman–Crippen MR) is 78.3 cm³/mol. The third kappa shape index (κ3) is 3.60. The molecule has 0 saturated heterocycles. The van der Waals surface area contributed by atoms with E-state index in [2.05, 4.69) is 0 Å². The summed E-state index contributed by atoms with van der Waals surface area (Å²) in [7, 11) is 0. The van der Waals surface area contributed by atoms with E-state index >= 15 is 0 Å². The Morgan fingerprint density at radius 1 is 1.00 bits per heavy atom. The largest absolute Gasteiger partial charge is 0.490 e. The van der Waals surface area contributed by atoms with Crippen LogP contribution >= 0.6 is 0 Å². The lowest BCUT2D eigenvalue weighted by molar-refractivity contribution is 0.0728. The monoisotopic (exact) mass is 270 g/mol. The molecule has 2 aromatic carbocycles. The van der Waals surface area contributed by atoms with Gasteiger partial charge in [0, 0.05) is 0 Å². The van der Waals surface area contributed by atoms with Crippen LogP contribution in [-0.4, -0.2) is 12.1 Å². The molecule has 0 unspecified atom stereocenters. The topological polar surface area (TPSA) is 35.5 Å². The Labute approximate surface area is 119 Å². The van der Waals surface area contributed by atoms with Gasteiger partial charge in [0.05, 0.1) is 6.10 Å². The van der Waals surface area contributed by atoms with Gasteiger partial charge >= 0.3 is 5.97 Å². The predicted octanol–water partition coefficient (Wildman–Crippen LogP) is 4.00. The van der Waals surface area contributed by atoms with Gasteiger partial charge in [0.2, 0.25) is 0 Å². The van der Waals surface area contributed by atoms with E-state index in [0.717, 1.165) is 5.56 Å². The average molecular weight is 270 g/mol. The number of para-hydroxylation sites is 1. The van der Waals surface area contributed by atoms with Crippen LogP contribution in [0.4, 0.5) is 0 Å². The maximum absolute atomic E-state index is 12.2. The van der Waals surface area contributed by atoms with Crippen LogP contribution in [-0.2, 0) is 0 Å². The summed E-state index contributed by atoms with van der Waals surface area (Å²) in [5, 5.41) is 0. The summed E-state index contributed by atoms with van der Waals surface area (Å²) in [6.07, 6.45) is 0.00308. The van der Waals surface area contributed by atoms with Crippen molar-refractivity contribution in [3.63, 3.8) is 0 Å². The van der Waals surface area contributed by atoms with Gasteiger partial charge in [-0.05, 0) is 45.0 Å². The Balaban J connectivity index is 2.18. The van der Waals surface area contributed by atoms with E-state index in [1.807, 2.05) is 39.0 Å². The first-order valence-corrected chi connectivity index (χ1v) is 6.61. The van der Waals surface area contributed by atoms with Gasteiger partial charge in [0.25, 0.3) is 0 Å². The summed E-state index contributed by atoms with van der Waals surface area (Å²) in [6.45, 7) is 5.82. The van der Waals surface area contributed by atoms with E-state index in [1.54, 1.807) is 30.3 Å². The highest BCUT2D eigenvalue weighted by Gasteiger charge is 2.15. The van der Waals surface area contributed by atoms with Gasteiger partial charge in [-0.1, -0.05) is 29.8 Å². The summed E-state index contributed by atoms with van der Waals surface area (Å²) >= 11 is 0. The SMILES string of the molecule is Cc1ccc(OC(=O)c2ccccc2OC(C)C)cc1. The number of aryl methyl sites for hydroxylation is 1. The molecular formula is C17H18O3. The number of hydrogen-bond donors (Lipinski definition) is 0. The molecule has 0 amide bonds. The van der Waals surface area contributed by atoms with Crippen LogP contribution in [0.15, 0.2) is 48.5 Å². The molecule has 0 aliphatic rings. The number of carbonyl (C=O) groups is 1. The molecule has 0 atom stereocenters. The highest BCUT2D eigenvalue weighted by atomic mass is 16.5. The molecule has 0 saturated carbocycles. The fraction of sp³-hybridized carbons (Fsp3) is 0.235. The maximum Gasteiger partial charge on any atom is 0.347 e. The van der Waals surface area contributed by atoms with Crippen molar-refractivity contribution in [2.45, 2.75) is 26.9 Å². The molecule has 0 aromatic heterocycles. The van der Waals surface area contributed by atoms with Gasteiger partial charge < -0.3 is 9.47 Å². The van der Waals surface area contributed by atoms with E-state index in [1.165, 1.54) is 0 Å². The summed E-state index contributed by atoms with van der Waals surface area (Å²) in [4.78, 5) is 12.2. The molecule has 0 aliphatic carbocycles. The van der Waals surface area contributed by atoms with Crippen molar-refractivity contribution < 1.29 is 14.3 Å².